The fourth-order valence-corrected chi connectivity index (χ4v) is 2.18. The molecule has 1 amide bonds. The number of carbonyl (C=O) groups excluding carboxylic acids is 1. The molecule has 106 valence electrons. The number of nitrogens with zero attached hydrogens (tertiary/aromatic N) is 2. The third kappa shape index (κ3) is 4.34. The molecular weight excluding hydrogens is 254 g/mol. The topological polar surface area (TPSA) is 76.4 Å². The highest BCUT2D eigenvalue weighted by molar-refractivity contribution is 5.90. The number of rotatable bonds is 7. The summed E-state index contributed by atoms with van der Waals surface area (Å²) in [5, 5.41) is 20.6. The SMILES string of the molecule is N#Cc1cccc(NC(=O)CCN(CCO)C2CC2)c1. The van der Waals surface area contributed by atoms with Crippen LogP contribution in [0.5, 0.6) is 0 Å². The summed E-state index contributed by atoms with van der Waals surface area (Å²) in [7, 11) is 0. The number of anilines is 1. The molecule has 1 saturated carbocycles. The lowest BCUT2D eigenvalue weighted by atomic mass is 10.2. The molecule has 1 aliphatic carbocycles. The Bertz CT molecular complexity index is 506. The molecule has 0 aromatic heterocycles. The molecule has 0 unspecified atom stereocenters. The molecule has 0 atom stereocenters. The Hall–Kier alpha value is -1.90. The Labute approximate surface area is 118 Å². The molecule has 0 radical (unpaired) electrons. The van der Waals surface area contributed by atoms with E-state index in [9.17, 15) is 4.79 Å². The summed E-state index contributed by atoms with van der Waals surface area (Å²) in [5.41, 5.74) is 1.18. The van der Waals surface area contributed by atoms with Crippen LogP contribution >= 0.6 is 0 Å². The first-order valence-corrected chi connectivity index (χ1v) is 6.88. The van der Waals surface area contributed by atoms with Crippen LogP contribution in [0.4, 0.5) is 5.69 Å². The van der Waals surface area contributed by atoms with Gasteiger partial charge in [0.1, 0.15) is 0 Å². The van der Waals surface area contributed by atoms with Gasteiger partial charge in [-0.1, -0.05) is 6.07 Å². The minimum atomic E-state index is -0.0660. The highest BCUT2D eigenvalue weighted by atomic mass is 16.3. The highest BCUT2D eigenvalue weighted by Crippen LogP contribution is 2.26. The maximum Gasteiger partial charge on any atom is 0.225 e. The lowest BCUT2D eigenvalue weighted by Crippen LogP contribution is -2.32. The molecule has 0 spiro atoms. The van der Waals surface area contributed by atoms with Crippen LogP contribution in [0, 0.1) is 11.3 Å². The Morgan fingerprint density at radius 3 is 2.90 bits per heavy atom. The first-order valence-electron chi connectivity index (χ1n) is 6.88. The number of nitriles is 1. The monoisotopic (exact) mass is 273 g/mol. The van der Waals surface area contributed by atoms with Crippen molar-refractivity contribution in [3.05, 3.63) is 29.8 Å². The van der Waals surface area contributed by atoms with E-state index in [1.807, 2.05) is 6.07 Å². The van der Waals surface area contributed by atoms with Crippen LogP contribution in [0.2, 0.25) is 0 Å². The Kier molecular flexibility index (Phi) is 5.10. The lowest BCUT2D eigenvalue weighted by Gasteiger charge is -2.20. The quantitative estimate of drug-likeness (QED) is 0.786. The molecule has 0 bridgehead atoms. The number of benzene rings is 1. The minimum Gasteiger partial charge on any atom is -0.395 e. The number of aliphatic hydroxyl groups excluding tert-OH is 1. The van der Waals surface area contributed by atoms with Crippen molar-refractivity contribution in [3.63, 3.8) is 0 Å². The summed E-state index contributed by atoms with van der Waals surface area (Å²) in [6, 6.07) is 9.45. The standard InChI is InChI=1S/C15H19N3O2/c16-11-12-2-1-3-13(10-12)17-15(20)6-7-18(8-9-19)14-4-5-14/h1-3,10,14,19H,4-9H2,(H,17,20). The summed E-state index contributed by atoms with van der Waals surface area (Å²) in [4.78, 5) is 14.0. The zero-order valence-corrected chi connectivity index (χ0v) is 11.4. The van der Waals surface area contributed by atoms with Crippen molar-refractivity contribution in [2.45, 2.75) is 25.3 Å². The van der Waals surface area contributed by atoms with Crippen LogP contribution in [0.25, 0.3) is 0 Å². The van der Waals surface area contributed by atoms with E-state index < -0.39 is 0 Å². The van der Waals surface area contributed by atoms with Gasteiger partial charge < -0.3 is 10.4 Å². The number of hydrogen-bond donors (Lipinski definition) is 2. The second-order valence-corrected chi connectivity index (χ2v) is 4.98. The van der Waals surface area contributed by atoms with Gasteiger partial charge in [-0.25, -0.2) is 0 Å². The van der Waals surface area contributed by atoms with E-state index in [0.29, 0.717) is 36.8 Å². The van der Waals surface area contributed by atoms with Gasteiger partial charge in [-0.2, -0.15) is 5.26 Å². The second-order valence-electron chi connectivity index (χ2n) is 4.98. The number of hydrogen-bond acceptors (Lipinski definition) is 4. The Morgan fingerprint density at radius 1 is 1.45 bits per heavy atom. The maximum absolute atomic E-state index is 11.9. The van der Waals surface area contributed by atoms with Crippen LogP contribution in [0.1, 0.15) is 24.8 Å². The molecule has 1 aliphatic rings. The fraction of sp³-hybridized carbons (Fsp3) is 0.467. The Balaban J connectivity index is 1.81. The highest BCUT2D eigenvalue weighted by Gasteiger charge is 2.28. The smallest absolute Gasteiger partial charge is 0.225 e. The van der Waals surface area contributed by atoms with Gasteiger partial charge in [-0.3, -0.25) is 9.69 Å². The molecule has 0 aliphatic heterocycles. The van der Waals surface area contributed by atoms with E-state index >= 15 is 0 Å². The summed E-state index contributed by atoms with van der Waals surface area (Å²) >= 11 is 0. The van der Waals surface area contributed by atoms with Gasteiger partial charge in [-0.15, -0.1) is 0 Å². The summed E-state index contributed by atoms with van der Waals surface area (Å²) < 4.78 is 0. The van der Waals surface area contributed by atoms with Gasteiger partial charge in [0, 0.05) is 31.2 Å². The van der Waals surface area contributed by atoms with E-state index in [2.05, 4.69) is 10.2 Å². The van der Waals surface area contributed by atoms with Crippen LogP contribution in [0.3, 0.4) is 0 Å². The average molecular weight is 273 g/mol. The van der Waals surface area contributed by atoms with Gasteiger partial charge in [0.05, 0.1) is 18.2 Å². The summed E-state index contributed by atoms with van der Waals surface area (Å²) in [6.07, 6.45) is 2.71. The molecule has 5 heteroatoms. The molecule has 0 saturated heterocycles. The molecule has 1 aromatic rings. The average Bonchev–Trinajstić information content (AvgIpc) is 3.28. The van der Waals surface area contributed by atoms with Crippen LogP contribution < -0.4 is 5.32 Å². The van der Waals surface area contributed by atoms with Crippen LogP contribution in [-0.2, 0) is 4.79 Å². The van der Waals surface area contributed by atoms with Crippen molar-refractivity contribution in [1.29, 1.82) is 5.26 Å². The van der Waals surface area contributed by atoms with Crippen LogP contribution in [-0.4, -0.2) is 41.7 Å². The first kappa shape index (κ1) is 14.5. The van der Waals surface area contributed by atoms with E-state index in [4.69, 9.17) is 10.4 Å². The number of nitrogens with one attached hydrogen (secondary N) is 1. The van der Waals surface area contributed by atoms with Gasteiger partial charge in [0.15, 0.2) is 0 Å². The molecule has 2 rings (SSSR count). The van der Waals surface area contributed by atoms with E-state index in [-0.39, 0.29) is 12.5 Å². The lowest BCUT2D eigenvalue weighted by molar-refractivity contribution is -0.116. The minimum absolute atomic E-state index is 0.0660. The van der Waals surface area contributed by atoms with E-state index in [1.54, 1.807) is 24.3 Å². The number of carbonyl (C=O) groups is 1. The zero-order valence-electron chi connectivity index (χ0n) is 11.4. The van der Waals surface area contributed by atoms with Gasteiger partial charge >= 0.3 is 0 Å². The van der Waals surface area contributed by atoms with Gasteiger partial charge in [-0.05, 0) is 31.0 Å². The molecule has 1 aromatic carbocycles. The van der Waals surface area contributed by atoms with Crippen molar-refractivity contribution in [1.82, 2.24) is 4.90 Å². The van der Waals surface area contributed by atoms with Gasteiger partial charge in [0.25, 0.3) is 0 Å². The van der Waals surface area contributed by atoms with Gasteiger partial charge in [0.2, 0.25) is 5.91 Å². The molecule has 20 heavy (non-hydrogen) atoms. The summed E-state index contributed by atoms with van der Waals surface area (Å²) in [5.74, 6) is -0.0660. The molecule has 0 heterocycles. The van der Waals surface area contributed by atoms with Crippen molar-refractivity contribution in [2.24, 2.45) is 0 Å². The molecular formula is C15H19N3O2. The zero-order chi connectivity index (χ0) is 14.4. The largest absolute Gasteiger partial charge is 0.395 e. The normalized spacial score (nSPS) is 14.1. The maximum atomic E-state index is 11.9. The Morgan fingerprint density at radius 2 is 2.25 bits per heavy atom. The van der Waals surface area contributed by atoms with E-state index in [1.165, 1.54) is 0 Å². The third-order valence-corrected chi connectivity index (χ3v) is 3.35. The number of amides is 1. The van der Waals surface area contributed by atoms with Crippen LogP contribution in [0.15, 0.2) is 24.3 Å². The van der Waals surface area contributed by atoms with Crippen molar-refractivity contribution < 1.29 is 9.90 Å². The molecule has 5 nitrogen and oxygen atoms in total. The van der Waals surface area contributed by atoms with E-state index in [0.717, 1.165) is 12.8 Å². The predicted molar refractivity (Wildman–Crippen MR) is 76.1 cm³/mol. The fourth-order valence-electron chi connectivity index (χ4n) is 2.18. The second kappa shape index (κ2) is 7.04. The van der Waals surface area contributed by atoms with Crippen molar-refractivity contribution >= 4 is 11.6 Å². The predicted octanol–water partition coefficient (Wildman–Crippen LogP) is 1.34. The third-order valence-electron chi connectivity index (χ3n) is 3.35. The molecule has 2 N–H and O–H groups in total. The molecule has 1 fully saturated rings. The van der Waals surface area contributed by atoms with Crippen molar-refractivity contribution in [3.8, 4) is 6.07 Å². The number of aliphatic hydroxyl groups is 1. The van der Waals surface area contributed by atoms with Crippen molar-refractivity contribution in [2.75, 3.05) is 25.0 Å². The summed E-state index contributed by atoms with van der Waals surface area (Å²) in [6.45, 7) is 1.42. The first-order chi connectivity index (χ1) is 9.72.